The Kier molecular flexibility index (Phi) is 6.32. The molecule has 0 atom stereocenters. The Morgan fingerprint density at radius 2 is 2.00 bits per heavy atom. The summed E-state index contributed by atoms with van der Waals surface area (Å²) >= 11 is 0. The molecule has 1 aliphatic rings. The molecule has 1 aromatic heterocycles. The molecule has 148 valence electrons. The van der Waals surface area contributed by atoms with Crippen molar-refractivity contribution in [3.63, 3.8) is 0 Å². The number of carbonyl (C=O) groups is 2. The third-order valence-electron chi connectivity index (χ3n) is 4.97. The van der Waals surface area contributed by atoms with Crippen molar-refractivity contribution >= 4 is 22.8 Å². The number of hydrogen-bond acceptors (Lipinski definition) is 6. The quantitative estimate of drug-likeness (QED) is 0.734. The third kappa shape index (κ3) is 4.34. The lowest BCUT2D eigenvalue weighted by Gasteiger charge is -2.31. The molecule has 0 spiro atoms. The van der Waals surface area contributed by atoms with E-state index in [1.54, 1.807) is 6.07 Å². The highest BCUT2D eigenvalue weighted by Crippen LogP contribution is 2.28. The van der Waals surface area contributed by atoms with E-state index in [1.165, 1.54) is 0 Å². The summed E-state index contributed by atoms with van der Waals surface area (Å²) in [6.45, 7) is 2.10. The van der Waals surface area contributed by atoms with Crippen LogP contribution in [0.15, 0.2) is 28.7 Å². The molecule has 1 amide bonds. The minimum atomic E-state index is -0.860. The molecule has 3 rings (SSSR count). The first-order chi connectivity index (χ1) is 13.6. The zero-order valence-corrected chi connectivity index (χ0v) is 16.0. The second kappa shape index (κ2) is 8.89. The second-order valence-corrected chi connectivity index (χ2v) is 6.92. The SMILES string of the molecule is CCOCc1c(C(=O)OCC(=O)NC2(C#N)CCCCC2)oc2ccccc12. The van der Waals surface area contributed by atoms with Gasteiger partial charge in [0.05, 0.1) is 12.7 Å². The van der Waals surface area contributed by atoms with E-state index >= 15 is 0 Å². The van der Waals surface area contributed by atoms with Gasteiger partial charge in [0.15, 0.2) is 6.61 Å². The summed E-state index contributed by atoms with van der Waals surface area (Å²) in [4.78, 5) is 24.8. The van der Waals surface area contributed by atoms with Gasteiger partial charge in [-0.25, -0.2) is 4.79 Å². The van der Waals surface area contributed by atoms with Crippen LogP contribution in [0.3, 0.4) is 0 Å². The van der Waals surface area contributed by atoms with E-state index in [0.717, 1.165) is 24.6 Å². The predicted octanol–water partition coefficient (Wildman–Crippen LogP) is 3.47. The molecule has 0 radical (unpaired) electrons. The van der Waals surface area contributed by atoms with Crippen molar-refractivity contribution in [2.24, 2.45) is 0 Å². The molecule has 1 fully saturated rings. The Morgan fingerprint density at radius 3 is 2.71 bits per heavy atom. The molecule has 28 heavy (non-hydrogen) atoms. The Morgan fingerprint density at radius 1 is 1.25 bits per heavy atom. The number of ether oxygens (including phenoxy) is 2. The maximum atomic E-state index is 12.5. The highest BCUT2D eigenvalue weighted by Gasteiger charge is 2.34. The van der Waals surface area contributed by atoms with Crippen molar-refractivity contribution in [2.75, 3.05) is 13.2 Å². The maximum absolute atomic E-state index is 12.5. The maximum Gasteiger partial charge on any atom is 0.375 e. The normalized spacial score (nSPS) is 15.7. The first-order valence-corrected chi connectivity index (χ1v) is 9.56. The molecule has 1 aliphatic carbocycles. The molecule has 0 aliphatic heterocycles. The van der Waals surface area contributed by atoms with Crippen LogP contribution in [0.4, 0.5) is 0 Å². The van der Waals surface area contributed by atoms with Crippen molar-refractivity contribution in [2.45, 2.75) is 51.2 Å². The summed E-state index contributed by atoms with van der Waals surface area (Å²) < 4.78 is 16.3. The molecular weight excluding hydrogens is 360 g/mol. The van der Waals surface area contributed by atoms with Gasteiger partial charge in [-0.1, -0.05) is 37.5 Å². The number of para-hydroxylation sites is 1. The van der Waals surface area contributed by atoms with E-state index in [1.807, 2.05) is 25.1 Å². The lowest BCUT2D eigenvalue weighted by Crippen LogP contribution is -2.50. The molecule has 7 nitrogen and oxygen atoms in total. The van der Waals surface area contributed by atoms with Gasteiger partial charge in [0.1, 0.15) is 11.1 Å². The fraction of sp³-hybridized carbons (Fsp3) is 0.476. The van der Waals surface area contributed by atoms with Gasteiger partial charge >= 0.3 is 5.97 Å². The lowest BCUT2D eigenvalue weighted by molar-refractivity contribution is -0.126. The van der Waals surface area contributed by atoms with Gasteiger partial charge in [-0.15, -0.1) is 0 Å². The number of nitrogens with one attached hydrogen (secondary N) is 1. The van der Waals surface area contributed by atoms with E-state index in [9.17, 15) is 14.9 Å². The van der Waals surface area contributed by atoms with Gasteiger partial charge in [-0.3, -0.25) is 4.79 Å². The topological polar surface area (TPSA) is 102 Å². The number of benzene rings is 1. The number of fused-ring (bicyclic) bond motifs is 1. The number of rotatable bonds is 7. The zero-order valence-electron chi connectivity index (χ0n) is 16.0. The molecule has 1 N–H and O–H groups in total. The molecule has 2 aromatic rings. The van der Waals surface area contributed by atoms with Crippen molar-refractivity contribution in [1.29, 1.82) is 5.26 Å². The minimum Gasteiger partial charge on any atom is -0.450 e. The minimum absolute atomic E-state index is 0.0371. The summed E-state index contributed by atoms with van der Waals surface area (Å²) in [6.07, 6.45) is 4.08. The van der Waals surface area contributed by atoms with Crippen LogP contribution in [0.2, 0.25) is 0 Å². The van der Waals surface area contributed by atoms with E-state index in [0.29, 0.717) is 30.6 Å². The van der Waals surface area contributed by atoms with Crippen molar-refractivity contribution in [3.8, 4) is 6.07 Å². The molecule has 1 saturated carbocycles. The van der Waals surface area contributed by atoms with Crippen LogP contribution < -0.4 is 5.32 Å². The lowest BCUT2D eigenvalue weighted by atomic mass is 9.83. The Bertz CT molecular complexity index is 890. The summed E-state index contributed by atoms with van der Waals surface area (Å²) in [5.41, 5.74) is 0.296. The summed E-state index contributed by atoms with van der Waals surface area (Å²) in [5, 5.41) is 13.0. The van der Waals surface area contributed by atoms with E-state index < -0.39 is 24.0 Å². The molecule has 0 saturated heterocycles. The molecule has 0 bridgehead atoms. The average molecular weight is 384 g/mol. The zero-order chi connectivity index (χ0) is 20.0. The molecule has 1 aromatic carbocycles. The second-order valence-electron chi connectivity index (χ2n) is 6.92. The van der Waals surface area contributed by atoms with Gasteiger partial charge in [-0.2, -0.15) is 5.26 Å². The Hall–Kier alpha value is -2.85. The molecule has 7 heteroatoms. The number of hydrogen-bond donors (Lipinski definition) is 1. The van der Waals surface area contributed by atoms with E-state index in [4.69, 9.17) is 13.9 Å². The number of carbonyl (C=O) groups excluding carboxylic acids is 2. The molecule has 1 heterocycles. The monoisotopic (exact) mass is 384 g/mol. The van der Waals surface area contributed by atoms with Crippen LogP contribution >= 0.6 is 0 Å². The van der Waals surface area contributed by atoms with Gasteiger partial charge in [-0.05, 0) is 25.8 Å². The van der Waals surface area contributed by atoms with Crippen LogP contribution in [0.25, 0.3) is 11.0 Å². The fourth-order valence-corrected chi connectivity index (χ4v) is 3.53. The number of amides is 1. The van der Waals surface area contributed by atoms with Crippen molar-refractivity contribution in [3.05, 3.63) is 35.6 Å². The van der Waals surface area contributed by atoms with Crippen LogP contribution in [0.5, 0.6) is 0 Å². The summed E-state index contributed by atoms with van der Waals surface area (Å²) in [5.74, 6) is -1.18. The standard InChI is InChI=1S/C21H24N2O5/c1-2-26-12-16-15-8-4-5-9-17(15)28-19(16)20(25)27-13-18(24)23-21(14-22)10-6-3-7-11-21/h4-5,8-9H,2-3,6-7,10-13H2,1H3,(H,23,24). The number of nitriles is 1. The van der Waals surface area contributed by atoms with Crippen molar-refractivity contribution < 1.29 is 23.5 Å². The van der Waals surface area contributed by atoms with Crippen LogP contribution in [0, 0.1) is 11.3 Å². The van der Waals surface area contributed by atoms with E-state index in [-0.39, 0.29) is 12.4 Å². The molecule has 0 unspecified atom stereocenters. The van der Waals surface area contributed by atoms with Crippen LogP contribution in [-0.2, 0) is 20.9 Å². The first kappa shape index (κ1) is 19.9. The third-order valence-corrected chi connectivity index (χ3v) is 4.97. The summed E-state index contributed by atoms with van der Waals surface area (Å²) in [7, 11) is 0. The fourth-order valence-electron chi connectivity index (χ4n) is 3.53. The van der Waals surface area contributed by atoms with E-state index in [2.05, 4.69) is 11.4 Å². The van der Waals surface area contributed by atoms with Gasteiger partial charge in [0.25, 0.3) is 5.91 Å². The van der Waals surface area contributed by atoms with Crippen LogP contribution in [-0.4, -0.2) is 30.6 Å². The number of nitrogens with zero attached hydrogens (tertiary/aromatic N) is 1. The van der Waals surface area contributed by atoms with Crippen LogP contribution in [0.1, 0.15) is 55.1 Å². The highest BCUT2D eigenvalue weighted by atomic mass is 16.5. The number of furan rings is 1. The first-order valence-electron chi connectivity index (χ1n) is 9.56. The highest BCUT2D eigenvalue weighted by molar-refractivity contribution is 5.96. The van der Waals surface area contributed by atoms with Gasteiger partial charge in [0.2, 0.25) is 5.76 Å². The molecular formula is C21H24N2O5. The predicted molar refractivity (Wildman–Crippen MR) is 101 cm³/mol. The van der Waals surface area contributed by atoms with Gasteiger partial charge < -0.3 is 19.2 Å². The smallest absolute Gasteiger partial charge is 0.375 e. The number of esters is 1. The Balaban J connectivity index is 1.67. The largest absolute Gasteiger partial charge is 0.450 e. The Labute approximate surface area is 163 Å². The van der Waals surface area contributed by atoms with Gasteiger partial charge in [0, 0.05) is 17.6 Å². The summed E-state index contributed by atoms with van der Waals surface area (Å²) in [6, 6.07) is 9.47. The average Bonchev–Trinajstić information content (AvgIpc) is 3.10. The van der Waals surface area contributed by atoms with Crippen molar-refractivity contribution in [1.82, 2.24) is 5.32 Å².